The van der Waals surface area contributed by atoms with Gasteiger partial charge in [0.25, 0.3) is 0 Å². The van der Waals surface area contributed by atoms with E-state index in [1.165, 1.54) is 22.5 Å². The van der Waals surface area contributed by atoms with Gasteiger partial charge in [0.15, 0.2) is 0 Å². The Labute approximate surface area is 158 Å². The molecule has 0 aliphatic carbocycles. The van der Waals surface area contributed by atoms with Crippen molar-refractivity contribution < 1.29 is 18.3 Å². The van der Waals surface area contributed by atoms with Crippen LogP contribution < -0.4 is 5.32 Å². The first kappa shape index (κ1) is 20.2. The SMILES string of the molecule is CCN(CC)S(=O)(=O)c1ccc(O)c(NC(=O)Cc2cccc(Cl)c2)c1. The lowest BCUT2D eigenvalue weighted by Gasteiger charge is -2.19. The molecule has 140 valence electrons. The Morgan fingerprint density at radius 2 is 1.85 bits per heavy atom. The van der Waals surface area contributed by atoms with E-state index >= 15 is 0 Å². The molecule has 8 heteroatoms. The third-order valence-corrected chi connectivity index (χ3v) is 6.12. The molecule has 0 aliphatic heterocycles. The first-order valence-electron chi connectivity index (χ1n) is 8.15. The molecule has 0 fully saturated rings. The fourth-order valence-corrected chi connectivity index (χ4v) is 4.21. The minimum absolute atomic E-state index is 0.0112. The summed E-state index contributed by atoms with van der Waals surface area (Å²) in [6, 6.07) is 10.7. The van der Waals surface area contributed by atoms with E-state index in [0.717, 1.165) is 0 Å². The third kappa shape index (κ3) is 4.75. The van der Waals surface area contributed by atoms with Crippen molar-refractivity contribution in [3.05, 3.63) is 53.1 Å². The summed E-state index contributed by atoms with van der Waals surface area (Å²) in [5, 5.41) is 13.0. The maximum Gasteiger partial charge on any atom is 0.243 e. The van der Waals surface area contributed by atoms with Crippen molar-refractivity contribution in [3.8, 4) is 5.75 Å². The highest BCUT2D eigenvalue weighted by atomic mass is 35.5. The molecular weight excluding hydrogens is 376 g/mol. The van der Waals surface area contributed by atoms with Crippen LogP contribution in [0.2, 0.25) is 5.02 Å². The normalized spacial score (nSPS) is 11.5. The van der Waals surface area contributed by atoms with E-state index < -0.39 is 10.0 Å². The van der Waals surface area contributed by atoms with Gasteiger partial charge in [-0.05, 0) is 35.9 Å². The Hall–Kier alpha value is -2.09. The number of carbonyl (C=O) groups is 1. The van der Waals surface area contributed by atoms with Crippen LogP contribution in [0.15, 0.2) is 47.4 Å². The summed E-state index contributed by atoms with van der Waals surface area (Å²) in [6.07, 6.45) is 0.0486. The van der Waals surface area contributed by atoms with Gasteiger partial charge in [0.1, 0.15) is 5.75 Å². The van der Waals surface area contributed by atoms with Crippen molar-refractivity contribution in [3.63, 3.8) is 0 Å². The average molecular weight is 397 g/mol. The number of sulfonamides is 1. The van der Waals surface area contributed by atoms with Crippen LogP contribution in [0, 0.1) is 0 Å². The molecule has 0 aromatic heterocycles. The van der Waals surface area contributed by atoms with Crippen molar-refractivity contribution in [2.24, 2.45) is 0 Å². The fraction of sp³-hybridized carbons (Fsp3) is 0.278. The number of hydrogen-bond acceptors (Lipinski definition) is 4. The summed E-state index contributed by atoms with van der Waals surface area (Å²) in [7, 11) is -3.69. The van der Waals surface area contributed by atoms with Crippen LogP contribution in [-0.2, 0) is 21.2 Å². The Kier molecular flexibility index (Phi) is 6.63. The molecule has 0 heterocycles. The van der Waals surface area contributed by atoms with Crippen molar-refractivity contribution in [2.45, 2.75) is 25.2 Å². The van der Waals surface area contributed by atoms with Gasteiger partial charge < -0.3 is 10.4 Å². The quantitative estimate of drug-likeness (QED) is 0.703. The summed E-state index contributed by atoms with van der Waals surface area (Å²) in [5.41, 5.74) is 0.756. The first-order valence-corrected chi connectivity index (χ1v) is 9.97. The highest BCUT2D eigenvalue weighted by Crippen LogP contribution is 2.28. The second-order valence-corrected chi connectivity index (χ2v) is 8.00. The van der Waals surface area contributed by atoms with E-state index in [9.17, 15) is 18.3 Å². The van der Waals surface area contributed by atoms with E-state index in [1.807, 2.05) is 0 Å². The molecule has 26 heavy (non-hydrogen) atoms. The number of halogens is 1. The third-order valence-electron chi connectivity index (χ3n) is 3.84. The number of rotatable bonds is 7. The molecule has 0 bridgehead atoms. The number of phenols is 1. The monoisotopic (exact) mass is 396 g/mol. The Morgan fingerprint density at radius 3 is 2.46 bits per heavy atom. The highest BCUT2D eigenvalue weighted by Gasteiger charge is 2.23. The smallest absolute Gasteiger partial charge is 0.243 e. The standard InChI is InChI=1S/C18H21ClN2O4S/c1-3-21(4-2)26(24,25)15-8-9-17(22)16(12-15)20-18(23)11-13-6-5-7-14(19)10-13/h5-10,12,22H,3-4,11H2,1-2H3,(H,20,23). The van der Waals surface area contributed by atoms with Gasteiger partial charge in [0.05, 0.1) is 17.0 Å². The van der Waals surface area contributed by atoms with Gasteiger partial charge in [0, 0.05) is 18.1 Å². The molecule has 1 amide bonds. The van der Waals surface area contributed by atoms with Crippen molar-refractivity contribution in [2.75, 3.05) is 18.4 Å². The zero-order valence-electron chi connectivity index (χ0n) is 14.6. The molecule has 2 aromatic carbocycles. The number of amides is 1. The molecule has 2 rings (SSSR count). The lowest BCUT2D eigenvalue weighted by molar-refractivity contribution is -0.115. The molecular formula is C18H21ClN2O4S. The van der Waals surface area contributed by atoms with Gasteiger partial charge in [-0.25, -0.2) is 8.42 Å². The largest absolute Gasteiger partial charge is 0.506 e. The number of anilines is 1. The van der Waals surface area contributed by atoms with E-state index in [0.29, 0.717) is 23.7 Å². The Morgan fingerprint density at radius 1 is 1.15 bits per heavy atom. The first-order chi connectivity index (χ1) is 12.3. The summed E-state index contributed by atoms with van der Waals surface area (Å²) in [6.45, 7) is 4.15. The summed E-state index contributed by atoms with van der Waals surface area (Å²) in [4.78, 5) is 12.2. The topological polar surface area (TPSA) is 86.7 Å². The van der Waals surface area contributed by atoms with Gasteiger partial charge in [0.2, 0.25) is 15.9 Å². The molecule has 0 unspecified atom stereocenters. The lowest BCUT2D eigenvalue weighted by atomic mass is 10.1. The predicted octanol–water partition coefficient (Wildman–Crippen LogP) is 3.26. The van der Waals surface area contributed by atoms with Crippen molar-refractivity contribution >= 4 is 33.2 Å². The number of phenolic OH excluding ortho intramolecular Hbond substituents is 1. The highest BCUT2D eigenvalue weighted by molar-refractivity contribution is 7.89. The number of nitrogens with one attached hydrogen (secondary N) is 1. The van der Waals surface area contributed by atoms with Gasteiger partial charge in [-0.3, -0.25) is 4.79 Å². The van der Waals surface area contributed by atoms with Gasteiger partial charge in [-0.2, -0.15) is 4.31 Å². The Balaban J connectivity index is 2.23. The second-order valence-electron chi connectivity index (χ2n) is 5.62. The van der Waals surface area contributed by atoms with E-state index in [4.69, 9.17) is 11.6 Å². The molecule has 0 aliphatic rings. The van der Waals surface area contributed by atoms with Crippen molar-refractivity contribution in [1.82, 2.24) is 4.31 Å². The van der Waals surface area contributed by atoms with E-state index in [-0.39, 0.29) is 28.7 Å². The van der Waals surface area contributed by atoms with E-state index in [2.05, 4.69) is 5.32 Å². The molecule has 6 nitrogen and oxygen atoms in total. The van der Waals surface area contributed by atoms with Gasteiger partial charge in [-0.1, -0.05) is 37.6 Å². The number of benzene rings is 2. The second kappa shape index (κ2) is 8.53. The number of hydrogen-bond donors (Lipinski definition) is 2. The van der Waals surface area contributed by atoms with Crippen LogP contribution in [0.5, 0.6) is 5.75 Å². The Bertz CT molecular complexity index is 896. The van der Waals surface area contributed by atoms with Crippen LogP contribution in [0.3, 0.4) is 0 Å². The van der Waals surface area contributed by atoms with Crippen molar-refractivity contribution in [1.29, 1.82) is 0 Å². The maximum atomic E-state index is 12.6. The minimum Gasteiger partial charge on any atom is -0.506 e. The summed E-state index contributed by atoms with van der Waals surface area (Å²) < 4.78 is 26.5. The van der Waals surface area contributed by atoms with Crippen LogP contribution >= 0.6 is 11.6 Å². The van der Waals surface area contributed by atoms with Crippen LogP contribution in [-0.4, -0.2) is 36.8 Å². The van der Waals surface area contributed by atoms with Crippen LogP contribution in [0.1, 0.15) is 19.4 Å². The molecule has 0 atom stereocenters. The molecule has 2 aromatic rings. The zero-order valence-corrected chi connectivity index (χ0v) is 16.1. The molecule has 0 saturated heterocycles. The summed E-state index contributed by atoms with van der Waals surface area (Å²) >= 11 is 5.90. The number of aromatic hydroxyl groups is 1. The average Bonchev–Trinajstić information content (AvgIpc) is 2.57. The number of nitrogens with zero attached hydrogens (tertiary/aromatic N) is 1. The van der Waals surface area contributed by atoms with Crippen LogP contribution in [0.4, 0.5) is 5.69 Å². The van der Waals surface area contributed by atoms with Crippen LogP contribution in [0.25, 0.3) is 0 Å². The van der Waals surface area contributed by atoms with Gasteiger partial charge in [-0.15, -0.1) is 0 Å². The van der Waals surface area contributed by atoms with E-state index in [1.54, 1.807) is 38.1 Å². The zero-order chi connectivity index (χ0) is 19.3. The number of carbonyl (C=O) groups excluding carboxylic acids is 1. The molecule has 0 saturated carbocycles. The lowest BCUT2D eigenvalue weighted by Crippen LogP contribution is -2.30. The molecule has 0 spiro atoms. The summed E-state index contributed by atoms with van der Waals surface area (Å²) in [5.74, 6) is -0.595. The molecule has 2 N–H and O–H groups in total. The molecule has 0 radical (unpaired) electrons. The minimum atomic E-state index is -3.69. The van der Waals surface area contributed by atoms with Gasteiger partial charge >= 0.3 is 0 Å². The fourth-order valence-electron chi connectivity index (χ4n) is 2.52. The maximum absolute atomic E-state index is 12.6. The predicted molar refractivity (Wildman–Crippen MR) is 102 cm³/mol.